The van der Waals surface area contributed by atoms with Gasteiger partial charge in [-0.2, -0.15) is 10.2 Å². The second-order valence-electron chi connectivity index (χ2n) is 9.07. The average Bonchev–Trinajstić information content (AvgIpc) is 3.31. The van der Waals surface area contributed by atoms with E-state index in [9.17, 15) is 14.9 Å². The molecule has 1 amide bonds. The molecule has 0 unspecified atom stereocenters. The Hall–Kier alpha value is -3.44. The summed E-state index contributed by atoms with van der Waals surface area (Å²) in [5, 5.41) is 12.7. The summed E-state index contributed by atoms with van der Waals surface area (Å²) in [5.41, 5.74) is 2.92. The van der Waals surface area contributed by atoms with Crippen molar-refractivity contribution in [1.29, 1.82) is 5.26 Å². The number of carbonyl (C=O) groups is 2. The third kappa shape index (κ3) is 4.99. The molecule has 0 bridgehead atoms. The van der Waals surface area contributed by atoms with Crippen LogP contribution in [0, 0.1) is 11.3 Å². The summed E-state index contributed by atoms with van der Waals surface area (Å²) in [6.07, 6.45) is 2.74. The predicted octanol–water partition coefficient (Wildman–Crippen LogP) is 3.62. The monoisotopic (exact) mass is 448 g/mol. The van der Waals surface area contributed by atoms with E-state index in [1.54, 1.807) is 24.3 Å². The second-order valence-corrected chi connectivity index (χ2v) is 9.07. The number of ketones is 1. The molecular formula is C25H28N4O4. The Kier molecular flexibility index (Phi) is 6.34. The molecule has 8 nitrogen and oxygen atoms in total. The Bertz CT molecular complexity index is 1110. The van der Waals surface area contributed by atoms with Crippen LogP contribution in [0.15, 0.2) is 24.3 Å². The van der Waals surface area contributed by atoms with E-state index in [4.69, 9.17) is 9.47 Å². The zero-order valence-corrected chi connectivity index (χ0v) is 19.2. The number of fused-ring (bicyclic) bond motifs is 1. The van der Waals surface area contributed by atoms with Gasteiger partial charge in [-0.3, -0.25) is 9.59 Å². The van der Waals surface area contributed by atoms with E-state index >= 15 is 0 Å². The SMILES string of the molecule is CC(=O)c1ccc(NC(=O)COc2nc(N3CCCC3)c3c(c2C#N)CC(C)(C)OC3)cc1. The molecule has 1 aromatic heterocycles. The molecule has 0 radical (unpaired) electrons. The van der Waals surface area contributed by atoms with Crippen LogP contribution in [0.4, 0.5) is 11.5 Å². The number of nitrogens with zero attached hydrogens (tertiary/aromatic N) is 3. The Labute approximate surface area is 193 Å². The van der Waals surface area contributed by atoms with E-state index in [-0.39, 0.29) is 24.2 Å². The van der Waals surface area contributed by atoms with Crippen LogP contribution in [-0.4, -0.2) is 42.0 Å². The number of pyridine rings is 1. The van der Waals surface area contributed by atoms with E-state index in [2.05, 4.69) is 21.3 Å². The molecule has 172 valence electrons. The number of Topliss-reactive ketones (excluding diaryl/α,β-unsaturated/α-hetero) is 1. The van der Waals surface area contributed by atoms with Gasteiger partial charge >= 0.3 is 0 Å². The van der Waals surface area contributed by atoms with Crippen molar-refractivity contribution in [3.8, 4) is 11.9 Å². The van der Waals surface area contributed by atoms with Crippen LogP contribution in [0.25, 0.3) is 0 Å². The van der Waals surface area contributed by atoms with Crippen LogP contribution < -0.4 is 15.0 Å². The van der Waals surface area contributed by atoms with Gasteiger partial charge in [-0.05, 0) is 63.4 Å². The van der Waals surface area contributed by atoms with Crippen molar-refractivity contribution in [3.63, 3.8) is 0 Å². The number of carbonyl (C=O) groups excluding carboxylic acids is 2. The van der Waals surface area contributed by atoms with Crippen molar-refractivity contribution in [2.24, 2.45) is 0 Å². The number of nitrogens with one attached hydrogen (secondary N) is 1. The first-order valence-corrected chi connectivity index (χ1v) is 11.2. The number of hydrogen-bond acceptors (Lipinski definition) is 7. The van der Waals surface area contributed by atoms with Gasteiger partial charge in [-0.15, -0.1) is 0 Å². The molecule has 1 N–H and O–H groups in total. The first-order valence-electron chi connectivity index (χ1n) is 11.2. The van der Waals surface area contributed by atoms with Crippen molar-refractivity contribution >= 4 is 23.2 Å². The highest BCUT2D eigenvalue weighted by atomic mass is 16.5. The van der Waals surface area contributed by atoms with Crippen LogP contribution in [0.3, 0.4) is 0 Å². The molecule has 4 rings (SSSR count). The lowest BCUT2D eigenvalue weighted by Gasteiger charge is -2.35. The van der Waals surface area contributed by atoms with Crippen molar-refractivity contribution in [2.45, 2.75) is 52.2 Å². The number of benzene rings is 1. The molecule has 33 heavy (non-hydrogen) atoms. The molecule has 2 aromatic rings. The van der Waals surface area contributed by atoms with E-state index in [0.29, 0.717) is 29.8 Å². The fourth-order valence-corrected chi connectivity index (χ4v) is 4.26. The lowest BCUT2D eigenvalue weighted by molar-refractivity contribution is -0.118. The molecule has 1 aromatic carbocycles. The summed E-state index contributed by atoms with van der Waals surface area (Å²) in [6, 6.07) is 8.89. The van der Waals surface area contributed by atoms with Gasteiger partial charge in [0.1, 0.15) is 17.5 Å². The lowest BCUT2D eigenvalue weighted by Crippen LogP contribution is -2.34. The quantitative estimate of drug-likeness (QED) is 0.673. The van der Waals surface area contributed by atoms with Crippen molar-refractivity contribution in [2.75, 3.05) is 29.9 Å². The molecule has 1 saturated heterocycles. The van der Waals surface area contributed by atoms with Crippen LogP contribution >= 0.6 is 0 Å². The zero-order chi connectivity index (χ0) is 23.6. The highest BCUT2D eigenvalue weighted by molar-refractivity contribution is 5.96. The topological polar surface area (TPSA) is 105 Å². The van der Waals surface area contributed by atoms with Gasteiger partial charge in [-0.25, -0.2) is 0 Å². The minimum atomic E-state index is -0.400. The van der Waals surface area contributed by atoms with E-state index < -0.39 is 5.60 Å². The Morgan fingerprint density at radius 3 is 2.55 bits per heavy atom. The summed E-state index contributed by atoms with van der Waals surface area (Å²) in [7, 11) is 0. The molecule has 0 spiro atoms. The molecule has 0 atom stereocenters. The second kappa shape index (κ2) is 9.20. The molecule has 3 heterocycles. The number of amides is 1. The maximum absolute atomic E-state index is 12.5. The van der Waals surface area contributed by atoms with Crippen LogP contribution in [0.1, 0.15) is 60.7 Å². The minimum absolute atomic E-state index is 0.0406. The first-order chi connectivity index (χ1) is 15.8. The van der Waals surface area contributed by atoms with Crippen molar-refractivity contribution in [3.05, 3.63) is 46.5 Å². The minimum Gasteiger partial charge on any atom is -0.467 e. The smallest absolute Gasteiger partial charge is 0.262 e. The third-order valence-electron chi connectivity index (χ3n) is 6.00. The van der Waals surface area contributed by atoms with Gasteiger partial charge in [0, 0.05) is 36.3 Å². The molecule has 0 aliphatic carbocycles. The fraction of sp³-hybridized carbons (Fsp3) is 0.440. The Balaban J connectivity index is 1.56. The van der Waals surface area contributed by atoms with E-state index in [1.165, 1.54) is 6.92 Å². The van der Waals surface area contributed by atoms with Gasteiger partial charge in [0.2, 0.25) is 5.88 Å². The number of ether oxygens (including phenoxy) is 2. The maximum Gasteiger partial charge on any atom is 0.262 e. The molecule has 2 aliphatic rings. The van der Waals surface area contributed by atoms with Gasteiger partial charge in [0.25, 0.3) is 5.91 Å². The summed E-state index contributed by atoms with van der Waals surface area (Å²) < 4.78 is 11.8. The number of aromatic nitrogens is 1. The van der Waals surface area contributed by atoms with Crippen molar-refractivity contribution < 1.29 is 19.1 Å². The van der Waals surface area contributed by atoms with E-state index in [0.717, 1.165) is 42.9 Å². The number of nitriles is 1. The predicted molar refractivity (Wildman–Crippen MR) is 124 cm³/mol. The standard InChI is InChI=1S/C25H28N4O4/c1-16(30)17-6-8-18(9-7-17)27-22(31)15-32-24-20(13-26)19-12-25(2,3)33-14-21(19)23(28-24)29-10-4-5-11-29/h6-9H,4-5,10-12,14-15H2,1-3H3,(H,27,31). The number of hydrogen-bond donors (Lipinski definition) is 1. The van der Waals surface area contributed by atoms with Crippen LogP contribution in [0.5, 0.6) is 5.88 Å². The first kappa shape index (κ1) is 22.7. The third-order valence-corrected chi connectivity index (χ3v) is 6.00. The highest BCUT2D eigenvalue weighted by Crippen LogP contribution is 2.39. The molecular weight excluding hydrogens is 420 g/mol. The van der Waals surface area contributed by atoms with Gasteiger partial charge in [0.05, 0.1) is 12.2 Å². The van der Waals surface area contributed by atoms with Crippen LogP contribution in [-0.2, 0) is 22.6 Å². The summed E-state index contributed by atoms with van der Waals surface area (Å²) in [6.45, 7) is 7.39. The molecule has 8 heteroatoms. The molecule has 0 saturated carbocycles. The van der Waals surface area contributed by atoms with Crippen LogP contribution in [0.2, 0.25) is 0 Å². The largest absolute Gasteiger partial charge is 0.467 e. The van der Waals surface area contributed by atoms with E-state index in [1.807, 2.05) is 13.8 Å². The van der Waals surface area contributed by atoms with Gasteiger partial charge in [-0.1, -0.05) is 0 Å². The zero-order valence-electron chi connectivity index (χ0n) is 19.2. The maximum atomic E-state index is 12.5. The average molecular weight is 449 g/mol. The van der Waals surface area contributed by atoms with Gasteiger partial charge < -0.3 is 19.7 Å². The van der Waals surface area contributed by atoms with Crippen molar-refractivity contribution in [1.82, 2.24) is 4.98 Å². The van der Waals surface area contributed by atoms with Gasteiger partial charge in [0.15, 0.2) is 12.4 Å². The fourth-order valence-electron chi connectivity index (χ4n) is 4.26. The lowest BCUT2D eigenvalue weighted by atomic mass is 9.89. The summed E-state index contributed by atoms with van der Waals surface area (Å²) in [4.78, 5) is 30.8. The normalized spacial score (nSPS) is 16.6. The number of rotatable bonds is 6. The Morgan fingerprint density at radius 2 is 1.91 bits per heavy atom. The Morgan fingerprint density at radius 1 is 1.21 bits per heavy atom. The summed E-state index contributed by atoms with van der Waals surface area (Å²) in [5.74, 6) is 0.548. The number of anilines is 2. The highest BCUT2D eigenvalue weighted by Gasteiger charge is 2.34. The molecule has 2 aliphatic heterocycles. The summed E-state index contributed by atoms with van der Waals surface area (Å²) >= 11 is 0. The molecule has 1 fully saturated rings.